The maximum Gasteiger partial charge on any atom is 1.00 e. The second kappa shape index (κ2) is 57.4. The molecule has 0 aliphatic rings. The van der Waals surface area contributed by atoms with Gasteiger partial charge in [-0.05, 0) is 99.5 Å². The molecule has 35 nitrogen and oxygen atoms in total. The third-order valence-corrected chi connectivity index (χ3v) is 18.1. The largest absolute Gasteiger partial charge is 1.00 e. The summed E-state index contributed by atoms with van der Waals surface area (Å²) in [5.41, 5.74) is 22.4. The molecule has 4 atom stereocenters. The van der Waals surface area contributed by atoms with Gasteiger partial charge < -0.3 is 81.8 Å². The van der Waals surface area contributed by atoms with Gasteiger partial charge in [-0.2, -0.15) is 20.4 Å². The Kier molecular flexibility index (Phi) is 52.8. The number of hydrogen-bond donors (Lipinski definition) is 9. The number of aryl methyl sites for hydroxylation is 4. The van der Waals surface area contributed by atoms with E-state index in [0.717, 1.165) is 34.0 Å². The van der Waals surface area contributed by atoms with Crippen molar-refractivity contribution in [3.8, 4) is 56.4 Å². The van der Waals surface area contributed by atoms with Crippen LogP contribution >= 0.6 is 91.0 Å². The number of halogens is 8. The molecular formula is C78H88BCl8LiN12O23S. The Labute approximate surface area is 764 Å². The number of aliphatic hydroxyl groups excluding tert-OH is 1. The Morgan fingerprint density at radius 2 is 0.734 bits per heavy atom. The van der Waals surface area contributed by atoms with E-state index in [2.05, 4.69) is 51.8 Å². The summed E-state index contributed by atoms with van der Waals surface area (Å²) in [6, 6.07) is 33.3. The van der Waals surface area contributed by atoms with Gasteiger partial charge in [-0.1, -0.05) is 175 Å². The van der Waals surface area contributed by atoms with Gasteiger partial charge >= 0.3 is 49.9 Å². The van der Waals surface area contributed by atoms with E-state index in [1.54, 1.807) is 118 Å². The van der Waals surface area contributed by atoms with Crippen LogP contribution in [-0.2, 0) is 91.8 Å². The van der Waals surface area contributed by atoms with Crippen LogP contribution in [0.25, 0.3) is 33.4 Å². The fourth-order valence-corrected chi connectivity index (χ4v) is 11.8. The number of nitrogens with zero attached hydrogens (tertiary/aromatic N) is 8. The van der Waals surface area contributed by atoms with Crippen molar-refractivity contribution in [1.82, 2.24) is 44.4 Å². The maximum atomic E-state index is 12.7. The van der Waals surface area contributed by atoms with E-state index in [9.17, 15) is 47.9 Å². The Balaban J connectivity index is 0.00000149. The molecule has 0 radical (unpaired) electrons. The minimum Gasteiger partial charge on any atom is -0.870 e. The molecule has 0 spiro atoms. The SMILES string of the molecule is C.CO.COC(=O)[C@@H](N)Cc1ccc(-c2c(OC)cnn(C)c2=O)cc1.COC(=O)[C@H](Cc1ccc(-c2c(OC)cnn(C)c2=O)cc1)NC(=O)c1c(Cl)cccc1Cl.COc1cnn(C)c(=O)c1-c1ccc(C[C@H](N)C(=O)O)cc1.COc1cnn(C)c(=O)c1Cl.N[C@@H](Cc1ccc(B(O)O)cc1)C(=O)O.O=C(Cl)c1c(Cl)cccc1Cl.O=S(Cl)Cl.[Li+].[OH-]. The third-order valence-electron chi connectivity index (χ3n) is 16.3. The van der Waals surface area contributed by atoms with Gasteiger partial charge in [0.2, 0.25) is 9.23 Å². The monoisotopic (exact) mass is 1890 g/mol. The van der Waals surface area contributed by atoms with Gasteiger partial charge in [0.05, 0.1) is 115 Å². The number of aliphatic carboxylic acids is 2. The summed E-state index contributed by atoms with van der Waals surface area (Å²) in [6.07, 6.45) is 6.78. The molecule has 4 aromatic heterocycles. The molecule has 1 amide bonds. The van der Waals surface area contributed by atoms with Crippen LogP contribution < -0.4 is 88.0 Å². The second-order valence-electron chi connectivity index (χ2n) is 24.2. The average molecular weight is 1900 g/mol. The number of nitrogens with two attached hydrogens (primary N) is 3. The molecule has 0 aliphatic carbocycles. The predicted octanol–water partition coefficient (Wildman–Crippen LogP) is 4.44. The first-order chi connectivity index (χ1) is 57.2. The van der Waals surface area contributed by atoms with Crippen molar-refractivity contribution in [3.05, 3.63) is 258 Å². The molecule has 124 heavy (non-hydrogen) atoms. The zero-order chi connectivity index (χ0) is 91.2. The quantitative estimate of drug-likeness (QED) is 0.0243. The van der Waals surface area contributed by atoms with Gasteiger partial charge in [0.1, 0.15) is 24.2 Å². The smallest absolute Gasteiger partial charge is 0.870 e. The summed E-state index contributed by atoms with van der Waals surface area (Å²) >= 11 is 34.3. The van der Waals surface area contributed by atoms with Crippen molar-refractivity contribution in [2.75, 3.05) is 49.8 Å². The number of esters is 2. The molecule has 0 saturated carbocycles. The number of carboxylic acids is 2. The molecule has 0 saturated heterocycles. The molecule has 664 valence electrons. The number of amides is 1. The number of rotatable bonds is 23. The van der Waals surface area contributed by atoms with E-state index in [-0.39, 0.29) is 110 Å². The summed E-state index contributed by atoms with van der Waals surface area (Å²) in [7, 11) is 21.5. The number of carbonyl (C=O) groups excluding carboxylic acids is 4. The molecule has 4 heterocycles. The molecule has 13 N–H and O–H groups in total. The van der Waals surface area contributed by atoms with Crippen molar-refractivity contribution >= 4 is 148 Å². The van der Waals surface area contributed by atoms with Gasteiger partial charge in [0, 0.05) is 63.1 Å². The first-order valence-electron chi connectivity index (χ1n) is 34.5. The fourth-order valence-electron chi connectivity index (χ4n) is 10.1. The Morgan fingerprint density at radius 1 is 0.460 bits per heavy atom. The molecule has 10 rings (SSSR count). The number of aliphatic hydroxyl groups is 1. The Morgan fingerprint density at radius 3 is 1.01 bits per heavy atom. The standard InChI is InChI=1S/C23H21Cl2N3O5.C16H19N3O4.C15H17N3O4.C9H12BNO4.C7H3Cl3O.C6H7ClN2O2.CH4O.CH4.Cl2OS.Li.H2O/c1-28-22(30)19(18(32-2)12-26-28)14-9-7-13(8-10-14)11-17(23(31)33-3)27-21(29)20-15(24)5-4-6-16(20)25;1-19-15(20)14(13(22-2)9-18-19)11-6-4-10(5-7-11)8-12(17)16(21)23-3;1-18-14(19)13(12(22-2)8-17-18)10-5-3-9(4-6-10)7-11(16)15(20)21;11-8(9(12)13)5-6-1-3-7(4-2-6)10(14)15;8-4-2-1-3-5(9)6(4)7(10)11;1-9-6(10)5(7)4(11-2)3-8-9;1-2;;1-4(2)3;;/h4-10,12,17H,11H2,1-3H3,(H,27,29);4-7,9,12H,8,17H2,1-3H3;3-6,8,11H,7,16H2,1-2H3,(H,20,21);1-4,8,14-15H,5,11H2,(H,12,13);1-3H;3H,1-2H3;2H,1H3;1H4;;;1H2/q;;;;;;;;;+1;/p-1/t17-;12-;11-;8-;;;;;;;/m0000......./s1. The van der Waals surface area contributed by atoms with Crippen LogP contribution in [0.4, 0.5) is 0 Å². The van der Waals surface area contributed by atoms with Crippen LogP contribution in [-0.4, -0.2) is 190 Å². The van der Waals surface area contributed by atoms with Gasteiger partial charge in [0.15, 0.2) is 28.0 Å². The summed E-state index contributed by atoms with van der Waals surface area (Å²) < 4.78 is 43.8. The molecule has 46 heteroatoms. The zero-order valence-electron chi connectivity index (χ0n) is 67.6. The summed E-state index contributed by atoms with van der Waals surface area (Å²) in [6.45, 7) is 0. The first kappa shape index (κ1) is 114. The summed E-state index contributed by atoms with van der Waals surface area (Å²) in [5, 5.41) is 60.5. The number of aromatic nitrogens is 8. The van der Waals surface area contributed by atoms with Crippen molar-refractivity contribution in [1.29, 1.82) is 0 Å². The van der Waals surface area contributed by atoms with Crippen LogP contribution in [0.3, 0.4) is 0 Å². The van der Waals surface area contributed by atoms with Gasteiger partial charge in [-0.25, -0.2) is 27.7 Å². The van der Waals surface area contributed by atoms with Crippen LogP contribution in [0.2, 0.25) is 25.1 Å². The van der Waals surface area contributed by atoms with Crippen molar-refractivity contribution in [3.63, 3.8) is 0 Å². The normalized spacial score (nSPS) is 10.9. The first-order valence-corrected chi connectivity index (χ1v) is 39.5. The third kappa shape index (κ3) is 35.1. The Bertz CT molecular complexity index is 5400. The number of methoxy groups -OCH3 is 6. The number of nitrogens with one attached hydrogen (secondary N) is 1. The van der Waals surface area contributed by atoms with Crippen LogP contribution in [0.15, 0.2) is 177 Å². The van der Waals surface area contributed by atoms with Gasteiger partial charge in [-0.3, -0.25) is 43.2 Å². The van der Waals surface area contributed by atoms with Crippen LogP contribution in [0, 0.1) is 0 Å². The maximum absolute atomic E-state index is 12.7. The zero-order valence-corrected chi connectivity index (χ0v) is 74.5. The van der Waals surface area contributed by atoms with Crippen LogP contribution in [0.1, 0.15) is 50.4 Å². The van der Waals surface area contributed by atoms with Crippen molar-refractivity contribution in [2.45, 2.75) is 57.3 Å². The average Bonchev–Trinajstić information content (AvgIpc) is 0.816. The van der Waals surface area contributed by atoms with E-state index in [4.69, 9.17) is 140 Å². The molecule has 0 fully saturated rings. The second-order valence-corrected chi connectivity index (χ2v) is 29.1. The predicted molar refractivity (Wildman–Crippen MR) is 471 cm³/mol. The van der Waals surface area contributed by atoms with Crippen molar-refractivity contribution < 1.29 is 111 Å². The minimum atomic E-state index is -1.67. The summed E-state index contributed by atoms with van der Waals surface area (Å²) in [5.74, 6) is -2.33. The number of benzene rings is 6. The molecular weight excluding hydrogens is 1810 g/mol. The molecule has 0 bridgehead atoms. The minimum absolute atomic E-state index is 0. The molecule has 0 aliphatic heterocycles. The van der Waals surface area contributed by atoms with Crippen molar-refractivity contribution in [2.24, 2.45) is 45.4 Å². The summed E-state index contributed by atoms with van der Waals surface area (Å²) in [4.78, 5) is 116. The van der Waals surface area contributed by atoms with E-state index in [0.29, 0.717) is 68.3 Å². The van der Waals surface area contributed by atoms with Gasteiger partial charge in [-0.15, -0.1) is 0 Å². The molecule has 0 unspecified atom stereocenters. The molecule has 6 aromatic carbocycles. The van der Waals surface area contributed by atoms with Crippen LogP contribution in [0.5, 0.6) is 23.0 Å². The topological polar surface area (TPSA) is 536 Å². The van der Waals surface area contributed by atoms with E-state index in [1.165, 1.54) is 113 Å². The number of carboxylic acid groups (broad SMARTS) is 2. The molecule has 10 aromatic rings. The van der Waals surface area contributed by atoms with E-state index >= 15 is 0 Å². The van der Waals surface area contributed by atoms with Gasteiger partial charge in [0.25, 0.3) is 33.4 Å². The van der Waals surface area contributed by atoms with E-state index in [1.807, 2.05) is 12.1 Å². The number of ether oxygens (including phenoxy) is 6. The number of hydrogen-bond acceptors (Lipinski definition) is 28. The fraction of sp³-hybridized carbons (Fsp3) is 0.256. The number of carbonyl (C=O) groups is 6. The van der Waals surface area contributed by atoms with E-state index < -0.39 is 75.5 Å². The Hall–Kier alpha value is -10.1.